The first-order chi connectivity index (χ1) is 8.70. The number of amides is 1. The van der Waals surface area contributed by atoms with Gasteiger partial charge < -0.3 is 10.7 Å². The summed E-state index contributed by atoms with van der Waals surface area (Å²) in [5, 5.41) is 4.90. The van der Waals surface area contributed by atoms with Crippen LogP contribution in [-0.2, 0) is 0 Å². The predicted octanol–water partition coefficient (Wildman–Crippen LogP) is 1.92. The summed E-state index contributed by atoms with van der Waals surface area (Å²) in [6.07, 6.45) is 1.49. The van der Waals surface area contributed by atoms with Crippen LogP contribution < -0.4 is 16.6 Å². The Morgan fingerprint density at radius 3 is 2.83 bits per heavy atom. The number of rotatable bonds is 4. The number of hydrogen-bond acceptors (Lipinski definition) is 5. The third-order valence-electron chi connectivity index (χ3n) is 2.49. The van der Waals surface area contributed by atoms with Crippen LogP contribution in [0.1, 0.15) is 28.2 Å². The molecule has 0 saturated carbocycles. The molecule has 6 heteroatoms. The summed E-state index contributed by atoms with van der Waals surface area (Å²) >= 11 is 1.62. The maximum atomic E-state index is 12.0. The summed E-state index contributed by atoms with van der Waals surface area (Å²) in [5.74, 6) is 5.59. The van der Waals surface area contributed by atoms with Gasteiger partial charge in [-0.25, -0.2) is 10.8 Å². The maximum Gasteiger partial charge on any atom is 0.253 e. The van der Waals surface area contributed by atoms with Crippen molar-refractivity contribution in [2.75, 3.05) is 5.43 Å². The van der Waals surface area contributed by atoms with Gasteiger partial charge >= 0.3 is 0 Å². The van der Waals surface area contributed by atoms with Gasteiger partial charge in [-0.3, -0.25) is 4.79 Å². The lowest BCUT2D eigenvalue weighted by atomic mass is 10.2. The van der Waals surface area contributed by atoms with Crippen molar-refractivity contribution in [2.45, 2.75) is 13.0 Å². The number of hydrazine groups is 1. The maximum absolute atomic E-state index is 12.0. The fourth-order valence-electron chi connectivity index (χ4n) is 1.50. The summed E-state index contributed by atoms with van der Waals surface area (Å²) in [7, 11) is 0. The minimum Gasteiger partial charge on any atom is -0.345 e. The van der Waals surface area contributed by atoms with E-state index in [1.807, 2.05) is 24.4 Å². The smallest absolute Gasteiger partial charge is 0.253 e. The van der Waals surface area contributed by atoms with Crippen LogP contribution in [0.3, 0.4) is 0 Å². The second-order valence-electron chi connectivity index (χ2n) is 3.79. The summed E-state index contributed by atoms with van der Waals surface area (Å²) in [6, 6.07) is 7.29. The Balaban J connectivity index is 2.03. The molecule has 1 atom stereocenters. The van der Waals surface area contributed by atoms with Gasteiger partial charge in [0.15, 0.2) is 0 Å². The number of nitrogens with two attached hydrogens (primary N) is 1. The van der Waals surface area contributed by atoms with Gasteiger partial charge in [0.2, 0.25) is 0 Å². The third-order valence-corrected chi connectivity index (χ3v) is 3.55. The van der Waals surface area contributed by atoms with Crippen LogP contribution in [0, 0.1) is 0 Å². The van der Waals surface area contributed by atoms with Crippen LogP contribution in [0.15, 0.2) is 35.8 Å². The van der Waals surface area contributed by atoms with E-state index in [0.29, 0.717) is 11.4 Å². The average Bonchev–Trinajstić information content (AvgIpc) is 2.92. The fraction of sp³-hybridized carbons (Fsp3) is 0.167. The average molecular weight is 262 g/mol. The molecule has 0 aliphatic rings. The van der Waals surface area contributed by atoms with E-state index in [1.54, 1.807) is 23.5 Å². The van der Waals surface area contributed by atoms with Crippen LogP contribution in [0.25, 0.3) is 0 Å². The molecule has 0 bridgehead atoms. The molecule has 18 heavy (non-hydrogen) atoms. The molecule has 2 heterocycles. The van der Waals surface area contributed by atoms with Crippen LogP contribution >= 0.6 is 11.3 Å². The molecule has 0 aromatic carbocycles. The lowest BCUT2D eigenvalue weighted by Gasteiger charge is -2.12. The summed E-state index contributed by atoms with van der Waals surface area (Å²) < 4.78 is 0. The molecule has 0 fully saturated rings. The first-order valence-electron chi connectivity index (χ1n) is 5.47. The monoisotopic (exact) mass is 262 g/mol. The molecule has 0 aliphatic carbocycles. The lowest BCUT2D eigenvalue weighted by Crippen LogP contribution is -2.26. The molecule has 0 radical (unpaired) electrons. The predicted molar refractivity (Wildman–Crippen MR) is 72.2 cm³/mol. The van der Waals surface area contributed by atoms with Gasteiger partial charge in [-0.15, -0.1) is 11.3 Å². The number of hydrogen-bond donors (Lipinski definition) is 3. The Morgan fingerprint density at radius 1 is 1.44 bits per heavy atom. The van der Waals surface area contributed by atoms with Crippen LogP contribution in [0.5, 0.6) is 0 Å². The number of aromatic nitrogens is 1. The molecule has 0 saturated heterocycles. The Kier molecular flexibility index (Phi) is 3.91. The quantitative estimate of drug-likeness (QED) is 0.581. The first kappa shape index (κ1) is 12.5. The van der Waals surface area contributed by atoms with E-state index in [-0.39, 0.29) is 11.9 Å². The normalized spacial score (nSPS) is 11.9. The number of nitrogen functional groups attached to an aromatic ring is 1. The van der Waals surface area contributed by atoms with E-state index >= 15 is 0 Å². The highest BCUT2D eigenvalue weighted by molar-refractivity contribution is 7.10. The molecule has 5 nitrogen and oxygen atoms in total. The fourth-order valence-corrected chi connectivity index (χ4v) is 2.24. The van der Waals surface area contributed by atoms with E-state index in [2.05, 4.69) is 15.7 Å². The van der Waals surface area contributed by atoms with E-state index in [9.17, 15) is 4.79 Å². The van der Waals surface area contributed by atoms with Crippen molar-refractivity contribution >= 4 is 23.1 Å². The van der Waals surface area contributed by atoms with Crippen molar-refractivity contribution in [3.05, 3.63) is 46.3 Å². The number of thiophene rings is 1. The number of carbonyl (C=O) groups excluding carboxylic acids is 1. The zero-order valence-electron chi connectivity index (χ0n) is 9.88. The first-order valence-corrected chi connectivity index (χ1v) is 6.35. The Morgan fingerprint density at radius 2 is 2.28 bits per heavy atom. The number of pyridine rings is 1. The van der Waals surface area contributed by atoms with Gasteiger partial charge in [-0.05, 0) is 30.5 Å². The minimum atomic E-state index is -0.146. The largest absolute Gasteiger partial charge is 0.345 e. The van der Waals surface area contributed by atoms with Gasteiger partial charge in [0.1, 0.15) is 5.82 Å². The number of nitrogens with one attached hydrogen (secondary N) is 2. The highest BCUT2D eigenvalue weighted by Crippen LogP contribution is 2.18. The SMILES string of the molecule is CC(NC(=O)c1ccc(NN)nc1)c1cccs1. The van der Waals surface area contributed by atoms with Gasteiger partial charge in [0, 0.05) is 11.1 Å². The second kappa shape index (κ2) is 5.61. The van der Waals surface area contributed by atoms with Gasteiger partial charge in [-0.1, -0.05) is 6.07 Å². The number of anilines is 1. The van der Waals surface area contributed by atoms with Crippen molar-refractivity contribution in [1.82, 2.24) is 10.3 Å². The molecule has 2 rings (SSSR count). The second-order valence-corrected chi connectivity index (χ2v) is 4.77. The van der Waals surface area contributed by atoms with Crippen LogP contribution in [0.2, 0.25) is 0 Å². The molecular weight excluding hydrogens is 248 g/mol. The number of carbonyl (C=O) groups is 1. The van der Waals surface area contributed by atoms with Crippen molar-refractivity contribution in [1.29, 1.82) is 0 Å². The van der Waals surface area contributed by atoms with E-state index in [4.69, 9.17) is 5.84 Å². The van der Waals surface area contributed by atoms with E-state index < -0.39 is 0 Å². The molecule has 2 aromatic rings. The van der Waals surface area contributed by atoms with Crippen molar-refractivity contribution in [2.24, 2.45) is 5.84 Å². The van der Waals surface area contributed by atoms with Crippen LogP contribution in [-0.4, -0.2) is 10.9 Å². The molecule has 1 unspecified atom stereocenters. The van der Waals surface area contributed by atoms with Crippen molar-refractivity contribution < 1.29 is 4.79 Å². The summed E-state index contributed by atoms with van der Waals surface area (Å²) in [5.41, 5.74) is 2.93. The molecular formula is C12H14N4OS. The Hall–Kier alpha value is -1.92. The standard InChI is InChI=1S/C12H14N4OS/c1-8(10-3-2-6-18-10)15-12(17)9-4-5-11(16-13)14-7-9/h2-8H,13H2,1H3,(H,14,16)(H,15,17). The zero-order valence-corrected chi connectivity index (χ0v) is 10.7. The molecule has 1 amide bonds. The highest BCUT2D eigenvalue weighted by atomic mass is 32.1. The summed E-state index contributed by atoms with van der Waals surface area (Å²) in [4.78, 5) is 17.1. The molecule has 94 valence electrons. The van der Waals surface area contributed by atoms with Crippen molar-refractivity contribution in [3.63, 3.8) is 0 Å². The summed E-state index contributed by atoms with van der Waals surface area (Å²) in [6.45, 7) is 1.95. The van der Waals surface area contributed by atoms with Gasteiger partial charge in [-0.2, -0.15) is 0 Å². The van der Waals surface area contributed by atoms with E-state index in [1.165, 1.54) is 6.20 Å². The minimum absolute atomic E-state index is 0.00944. The van der Waals surface area contributed by atoms with Gasteiger partial charge in [0.05, 0.1) is 11.6 Å². The van der Waals surface area contributed by atoms with E-state index in [0.717, 1.165) is 4.88 Å². The zero-order chi connectivity index (χ0) is 13.0. The number of nitrogens with zero attached hydrogens (tertiary/aromatic N) is 1. The van der Waals surface area contributed by atoms with Crippen molar-refractivity contribution in [3.8, 4) is 0 Å². The lowest BCUT2D eigenvalue weighted by molar-refractivity contribution is 0.0940. The Labute approximate surface area is 109 Å². The van der Waals surface area contributed by atoms with Crippen LogP contribution in [0.4, 0.5) is 5.82 Å². The van der Waals surface area contributed by atoms with Gasteiger partial charge in [0.25, 0.3) is 5.91 Å². The highest BCUT2D eigenvalue weighted by Gasteiger charge is 2.12. The Bertz CT molecular complexity index is 509. The third kappa shape index (κ3) is 2.85. The molecule has 0 spiro atoms. The topological polar surface area (TPSA) is 80.0 Å². The molecule has 2 aromatic heterocycles. The molecule has 0 aliphatic heterocycles. The molecule has 4 N–H and O–H groups in total.